The first kappa shape index (κ1) is 15.9. The molecule has 0 aromatic rings. The van der Waals surface area contributed by atoms with E-state index >= 15 is 0 Å². The standard InChI is InChI=1S/C13H28O2Si/c1-6-7-8-9-10-13(2)11-12-16(5,14-3)15-4/h2,6-12H2,1,3-5H3. The van der Waals surface area contributed by atoms with Crippen LogP contribution in [-0.2, 0) is 8.85 Å². The summed E-state index contributed by atoms with van der Waals surface area (Å²) in [5.74, 6) is 0. The largest absolute Gasteiger partial charge is 0.398 e. The lowest BCUT2D eigenvalue weighted by molar-refractivity contribution is 0.249. The molecule has 0 atom stereocenters. The highest BCUT2D eigenvalue weighted by atomic mass is 28.4. The third-order valence-corrected chi connectivity index (χ3v) is 6.07. The highest BCUT2D eigenvalue weighted by Crippen LogP contribution is 2.20. The Labute approximate surface area is 102 Å². The van der Waals surface area contributed by atoms with E-state index in [1.165, 1.54) is 31.3 Å². The topological polar surface area (TPSA) is 18.5 Å². The molecule has 0 saturated carbocycles. The first-order valence-electron chi connectivity index (χ1n) is 6.35. The van der Waals surface area contributed by atoms with Gasteiger partial charge in [-0.2, -0.15) is 0 Å². The summed E-state index contributed by atoms with van der Waals surface area (Å²) in [6.45, 7) is 8.48. The van der Waals surface area contributed by atoms with Gasteiger partial charge >= 0.3 is 8.56 Å². The molecule has 0 rings (SSSR count). The summed E-state index contributed by atoms with van der Waals surface area (Å²) in [5.41, 5.74) is 1.35. The van der Waals surface area contributed by atoms with Crippen LogP contribution in [-0.4, -0.2) is 22.8 Å². The molecular weight excluding hydrogens is 216 g/mol. The molecule has 16 heavy (non-hydrogen) atoms. The quantitative estimate of drug-likeness (QED) is 0.325. The van der Waals surface area contributed by atoms with E-state index in [9.17, 15) is 0 Å². The van der Waals surface area contributed by atoms with Gasteiger partial charge in [-0.05, 0) is 31.9 Å². The van der Waals surface area contributed by atoms with Crippen LogP contribution >= 0.6 is 0 Å². The molecule has 0 aliphatic heterocycles. The van der Waals surface area contributed by atoms with Gasteiger partial charge in [-0.3, -0.25) is 0 Å². The second-order valence-corrected chi connectivity index (χ2v) is 8.19. The van der Waals surface area contributed by atoms with E-state index in [0.717, 1.165) is 18.9 Å². The summed E-state index contributed by atoms with van der Waals surface area (Å²) in [4.78, 5) is 0. The van der Waals surface area contributed by atoms with Crippen LogP contribution in [0.4, 0.5) is 0 Å². The number of hydrogen-bond donors (Lipinski definition) is 0. The van der Waals surface area contributed by atoms with Crippen molar-refractivity contribution in [3.05, 3.63) is 12.2 Å². The Hall–Kier alpha value is -0.123. The van der Waals surface area contributed by atoms with Crippen molar-refractivity contribution in [2.75, 3.05) is 14.2 Å². The summed E-state index contributed by atoms with van der Waals surface area (Å²) in [6.07, 6.45) is 7.47. The molecule has 0 aliphatic rings. The molecule has 0 N–H and O–H groups in total. The Balaban J connectivity index is 3.64. The van der Waals surface area contributed by atoms with Gasteiger partial charge in [0.2, 0.25) is 0 Å². The molecule has 0 bridgehead atoms. The molecule has 0 fully saturated rings. The fourth-order valence-electron chi connectivity index (χ4n) is 1.62. The Morgan fingerprint density at radius 2 is 1.69 bits per heavy atom. The van der Waals surface area contributed by atoms with Gasteiger partial charge in [-0.25, -0.2) is 0 Å². The molecule has 3 heteroatoms. The van der Waals surface area contributed by atoms with E-state index in [-0.39, 0.29) is 0 Å². The first-order valence-corrected chi connectivity index (χ1v) is 8.87. The average Bonchev–Trinajstić information content (AvgIpc) is 2.31. The van der Waals surface area contributed by atoms with Crippen molar-refractivity contribution in [1.82, 2.24) is 0 Å². The Morgan fingerprint density at radius 1 is 1.06 bits per heavy atom. The molecule has 0 radical (unpaired) electrons. The highest BCUT2D eigenvalue weighted by Gasteiger charge is 2.27. The van der Waals surface area contributed by atoms with Crippen molar-refractivity contribution in [3.63, 3.8) is 0 Å². The molecule has 0 aromatic carbocycles. The van der Waals surface area contributed by atoms with Gasteiger partial charge in [0.05, 0.1) is 0 Å². The lowest BCUT2D eigenvalue weighted by Crippen LogP contribution is -2.35. The molecule has 0 heterocycles. The maximum absolute atomic E-state index is 5.46. The summed E-state index contributed by atoms with van der Waals surface area (Å²) in [7, 11) is 1.62. The molecule has 0 spiro atoms. The smallest absolute Gasteiger partial charge is 0.334 e. The van der Waals surface area contributed by atoms with Crippen LogP contribution in [0.15, 0.2) is 12.2 Å². The summed E-state index contributed by atoms with van der Waals surface area (Å²) >= 11 is 0. The van der Waals surface area contributed by atoms with Gasteiger partial charge in [0.25, 0.3) is 0 Å². The lowest BCUT2D eigenvalue weighted by atomic mass is 10.1. The highest BCUT2D eigenvalue weighted by molar-refractivity contribution is 6.65. The van der Waals surface area contributed by atoms with Crippen molar-refractivity contribution >= 4 is 8.56 Å². The zero-order chi connectivity index (χ0) is 12.4. The van der Waals surface area contributed by atoms with Crippen LogP contribution in [0.5, 0.6) is 0 Å². The Kier molecular flexibility index (Phi) is 8.90. The molecular formula is C13H28O2Si. The Bertz CT molecular complexity index is 188. The SMILES string of the molecule is C=C(CCCCCC)CC[Si](C)(OC)OC. The summed E-state index contributed by atoms with van der Waals surface area (Å²) < 4.78 is 10.9. The first-order chi connectivity index (χ1) is 7.58. The van der Waals surface area contributed by atoms with Crippen LogP contribution < -0.4 is 0 Å². The minimum Gasteiger partial charge on any atom is -0.398 e. The number of hydrogen-bond acceptors (Lipinski definition) is 2. The van der Waals surface area contributed by atoms with Gasteiger partial charge in [-0.1, -0.05) is 38.3 Å². The molecule has 2 nitrogen and oxygen atoms in total. The minimum absolute atomic E-state index is 1.02. The number of unbranched alkanes of at least 4 members (excludes halogenated alkanes) is 3. The second-order valence-electron chi connectivity index (χ2n) is 4.60. The van der Waals surface area contributed by atoms with Crippen LogP contribution in [0, 0.1) is 0 Å². The predicted molar refractivity (Wildman–Crippen MR) is 73.0 cm³/mol. The molecule has 0 unspecified atom stereocenters. The Morgan fingerprint density at radius 3 is 2.19 bits per heavy atom. The molecule has 96 valence electrons. The van der Waals surface area contributed by atoms with Crippen LogP contribution in [0.25, 0.3) is 0 Å². The number of allylic oxidation sites excluding steroid dienone is 1. The average molecular weight is 244 g/mol. The molecule has 0 saturated heterocycles. The zero-order valence-corrected chi connectivity index (χ0v) is 12.5. The molecule has 0 aliphatic carbocycles. The van der Waals surface area contributed by atoms with E-state index in [1.807, 2.05) is 0 Å². The summed E-state index contributed by atoms with van der Waals surface area (Å²) in [6, 6.07) is 1.02. The van der Waals surface area contributed by atoms with Crippen LogP contribution in [0.1, 0.15) is 45.4 Å². The van der Waals surface area contributed by atoms with Crippen molar-refractivity contribution < 1.29 is 8.85 Å². The minimum atomic E-state index is -1.88. The lowest BCUT2D eigenvalue weighted by Gasteiger charge is -2.23. The monoisotopic (exact) mass is 244 g/mol. The van der Waals surface area contributed by atoms with E-state index in [1.54, 1.807) is 14.2 Å². The van der Waals surface area contributed by atoms with Crippen molar-refractivity contribution in [1.29, 1.82) is 0 Å². The third-order valence-electron chi connectivity index (χ3n) is 3.18. The fraction of sp³-hybridized carbons (Fsp3) is 0.846. The van der Waals surface area contributed by atoms with Crippen LogP contribution in [0.3, 0.4) is 0 Å². The van der Waals surface area contributed by atoms with Crippen molar-refractivity contribution in [2.45, 2.75) is 58.0 Å². The van der Waals surface area contributed by atoms with E-state index in [0.29, 0.717) is 0 Å². The van der Waals surface area contributed by atoms with Gasteiger partial charge in [0, 0.05) is 14.2 Å². The van der Waals surface area contributed by atoms with Crippen LogP contribution in [0.2, 0.25) is 12.6 Å². The van der Waals surface area contributed by atoms with E-state index in [4.69, 9.17) is 8.85 Å². The van der Waals surface area contributed by atoms with E-state index in [2.05, 4.69) is 20.0 Å². The third kappa shape index (κ3) is 7.20. The predicted octanol–water partition coefficient (Wildman–Crippen LogP) is 4.27. The maximum Gasteiger partial charge on any atom is 0.334 e. The fourth-order valence-corrected chi connectivity index (χ4v) is 3.00. The molecule has 0 aromatic heterocycles. The number of rotatable bonds is 10. The zero-order valence-electron chi connectivity index (χ0n) is 11.5. The normalized spacial score (nSPS) is 11.8. The van der Waals surface area contributed by atoms with Gasteiger partial charge in [-0.15, -0.1) is 0 Å². The van der Waals surface area contributed by atoms with Crippen molar-refractivity contribution in [3.8, 4) is 0 Å². The summed E-state index contributed by atoms with van der Waals surface area (Å²) in [5, 5.41) is 0. The van der Waals surface area contributed by atoms with Gasteiger partial charge in [0.1, 0.15) is 0 Å². The van der Waals surface area contributed by atoms with Gasteiger partial charge in [0.15, 0.2) is 0 Å². The second kappa shape index (κ2) is 8.96. The van der Waals surface area contributed by atoms with E-state index < -0.39 is 8.56 Å². The van der Waals surface area contributed by atoms with Gasteiger partial charge < -0.3 is 8.85 Å². The molecule has 0 amide bonds. The van der Waals surface area contributed by atoms with Crippen molar-refractivity contribution in [2.24, 2.45) is 0 Å². The maximum atomic E-state index is 5.46.